The molecule has 3 N–H and O–H groups in total. The molecule has 9 nitrogen and oxygen atoms in total. The first-order valence-electron chi connectivity index (χ1n) is 11.9. The Morgan fingerprint density at radius 2 is 1.33 bits per heavy atom. The van der Waals surface area contributed by atoms with Gasteiger partial charge in [0.2, 0.25) is 5.91 Å². The van der Waals surface area contributed by atoms with Gasteiger partial charge in [-0.25, -0.2) is 0 Å². The molecule has 0 aliphatic carbocycles. The minimum atomic E-state index is 0.0102. The molecule has 0 aromatic carbocycles. The normalized spacial score (nSPS) is 12.4. The number of hydrogen-bond donors (Lipinski definition) is 5. The number of thiol groups is 2. The maximum Gasteiger partial charge on any atom is 0.220 e. The van der Waals surface area contributed by atoms with E-state index < -0.39 is 0 Å². The van der Waals surface area contributed by atoms with Gasteiger partial charge in [-0.1, -0.05) is 6.42 Å². The molecule has 1 atom stereocenters. The summed E-state index contributed by atoms with van der Waals surface area (Å²) in [5.41, 5.74) is 0. The SMILES string of the molecule is O=C(CCCCC(S)CCS)NCCN(CCOCCOCCO)CCOCCOCCO. The molecule has 0 bridgehead atoms. The van der Waals surface area contributed by atoms with Crippen LogP contribution in [0.1, 0.15) is 32.1 Å². The second-order valence-corrected chi connectivity index (χ2v) is 8.68. The van der Waals surface area contributed by atoms with Crippen LogP contribution in [0.15, 0.2) is 0 Å². The Labute approximate surface area is 210 Å². The highest BCUT2D eigenvalue weighted by atomic mass is 32.1. The molecule has 198 valence electrons. The van der Waals surface area contributed by atoms with E-state index in [9.17, 15) is 4.79 Å². The van der Waals surface area contributed by atoms with Gasteiger partial charge in [0.15, 0.2) is 0 Å². The van der Waals surface area contributed by atoms with Crippen LogP contribution in [0.3, 0.4) is 0 Å². The molecule has 0 aromatic rings. The van der Waals surface area contributed by atoms with Crippen molar-refractivity contribution in [2.24, 2.45) is 0 Å². The number of nitrogens with zero attached hydrogens (tertiary/aromatic N) is 1. The van der Waals surface area contributed by atoms with Crippen LogP contribution in [0.5, 0.6) is 0 Å². The Bertz CT molecular complexity index is 408. The predicted molar refractivity (Wildman–Crippen MR) is 137 cm³/mol. The van der Waals surface area contributed by atoms with Crippen LogP contribution in [0, 0.1) is 0 Å². The van der Waals surface area contributed by atoms with Gasteiger partial charge < -0.3 is 34.5 Å². The monoisotopic (exact) mass is 514 g/mol. The minimum absolute atomic E-state index is 0.0102. The van der Waals surface area contributed by atoms with Gasteiger partial charge in [0.05, 0.1) is 66.1 Å². The number of unbranched alkanes of at least 4 members (excludes halogenated alkanes) is 1. The molecule has 1 amide bonds. The highest BCUT2D eigenvalue weighted by Gasteiger charge is 2.08. The van der Waals surface area contributed by atoms with E-state index in [2.05, 4.69) is 35.5 Å². The predicted octanol–water partition coefficient (Wildman–Crippen LogP) is 0.634. The third kappa shape index (κ3) is 24.8. The molecule has 11 heteroatoms. The van der Waals surface area contributed by atoms with Gasteiger partial charge in [-0.05, 0) is 25.0 Å². The summed E-state index contributed by atoms with van der Waals surface area (Å²) in [6, 6.07) is 0. The largest absolute Gasteiger partial charge is 0.394 e. The molecular weight excluding hydrogens is 468 g/mol. The van der Waals surface area contributed by atoms with E-state index in [0.717, 1.165) is 31.4 Å². The molecule has 0 heterocycles. The summed E-state index contributed by atoms with van der Waals surface area (Å²) in [4.78, 5) is 14.3. The van der Waals surface area contributed by atoms with Crippen LogP contribution in [-0.2, 0) is 23.7 Å². The third-order valence-corrected chi connectivity index (χ3v) is 5.50. The average molecular weight is 515 g/mol. The summed E-state index contributed by atoms with van der Waals surface area (Å²) < 4.78 is 21.5. The average Bonchev–Trinajstić information content (AvgIpc) is 2.80. The smallest absolute Gasteiger partial charge is 0.220 e. The van der Waals surface area contributed by atoms with Crippen molar-refractivity contribution >= 4 is 31.2 Å². The first-order valence-corrected chi connectivity index (χ1v) is 13.1. The summed E-state index contributed by atoms with van der Waals surface area (Å²) in [5.74, 6) is 0.922. The third-order valence-electron chi connectivity index (χ3n) is 4.72. The highest BCUT2D eigenvalue weighted by molar-refractivity contribution is 7.81. The molecule has 0 spiro atoms. The van der Waals surface area contributed by atoms with E-state index in [1.54, 1.807) is 0 Å². The molecule has 1 unspecified atom stereocenters. The Morgan fingerprint density at radius 3 is 1.85 bits per heavy atom. The summed E-state index contributed by atoms with van der Waals surface area (Å²) >= 11 is 8.74. The number of hydrogen-bond acceptors (Lipinski definition) is 10. The molecule has 0 rings (SSSR count). The van der Waals surface area contributed by atoms with Gasteiger partial charge >= 0.3 is 0 Å². The Balaban J connectivity index is 4.02. The van der Waals surface area contributed by atoms with Crippen molar-refractivity contribution in [1.82, 2.24) is 10.2 Å². The van der Waals surface area contributed by atoms with Crippen LogP contribution in [0.2, 0.25) is 0 Å². The second-order valence-electron chi connectivity index (χ2n) is 7.50. The Kier molecular flexibility index (Phi) is 26.4. The first-order chi connectivity index (χ1) is 16.1. The van der Waals surface area contributed by atoms with Gasteiger partial charge in [-0.2, -0.15) is 25.3 Å². The van der Waals surface area contributed by atoms with E-state index in [1.807, 2.05) is 0 Å². The van der Waals surface area contributed by atoms with E-state index in [1.165, 1.54) is 0 Å². The van der Waals surface area contributed by atoms with Crippen LogP contribution in [0.4, 0.5) is 0 Å². The van der Waals surface area contributed by atoms with Crippen LogP contribution < -0.4 is 5.32 Å². The molecular formula is C22H46N2O7S2. The Morgan fingerprint density at radius 1 is 0.788 bits per heavy atom. The maximum absolute atomic E-state index is 12.1. The molecule has 33 heavy (non-hydrogen) atoms. The number of rotatable bonds is 26. The molecule has 0 aliphatic heterocycles. The van der Waals surface area contributed by atoms with Crippen molar-refractivity contribution in [3.63, 3.8) is 0 Å². The van der Waals surface area contributed by atoms with E-state index in [0.29, 0.717) is 90.7 Å². The van der Waals surface area contributed by atoms with Crippen LogP contribution in [-0.4, -0.2) is 124 Å². The molecule has 0 aromatic heterocycles. The molecule has 0 aliphatic rings. The molecule has 0 saturated heterocycles. The topological polar surface area (TPSA) is 110 Å². The van der Waals surface area contributed by atoms with E-state index >= 15 is 0 Å². The fourth-order valence-corrected chi connectivity index (χ4v) is 3.72. The van der Waals surface area contributed by atoms with Crippen LogP contribution >= 0.6 is 25.3 Å². The fourth-order valence-electron chi connectivity index (χ4n) is 2.90. The lowest BCUT2D eigenvalue weighted by Gasteiger charge is -2.22. The van der Waals surface area contributed by atoms with Crippen molar-refractivity contribution in [3.8, 4) is 0 Å². The standard InChI is InChI=1S/C22H46N2O7S2/c25-10-14-30-18-16-28-12-8-24(9-13-29-17-19-31-15-11-26)7-6-23-22(27)4-2-1-3-21(33)5-20-32/h21,25-26,32-33H,1-20H2,(H,23,27). The van der Waals surface area contributed by atoms with Gasteiger partial charge in [0, 0.05) is 37.8 Å². The number of aliphatic hydroxyl groups is 2. The number of amides is 1. The second kappa shape index (κ2) is 26.5. The molecule has 0 fully saturated rings. The zero-order valence-corrected chi connectivity index (χ0v) is 21.8. The van der Waals surface area contributed by atoms with Crippen molar-refractivity contribution in [2.75, 3.05) is 98.0 Å². The summed E-state index contributed by atoms with van der Waals surface area (Å²) in [7, 11) is 0. The van der Waals surface area contributed by atoms with E-state index in [-0.39, 0.29) is 19.1 Å². The lowest BCUT2D eigenvalue weighted by Crippen LogP contribution is -2.38. The van der Waals surface area contributed by atoms with Crippen molar-refractivity contribution in [3.05, 3.63) is 0 Å². The number of nitrogens with one attached hydrogen (secondary N) is 1. The zero-order valence-electron chi connectivity index (χ0n) is 20.0. The quantitative estimate of drug-likeness (QED) is 0.0845. The zero-order chi connectivity index (χ0) is 24.4. The van der Waals surface area contributed by atoms with Crippen molar-refractivity contribution in [1.29, 1.82) is 0 Å². The van der Waals surface area contributed by atoms with E-state index in [4.69, 9.17) is 29.2 Å². The molecule has 0 saturated carbocycles. The van der Waals surface area contributed by atoms with Crippen molar-refractivity contribution < 1.29 is 34.0 Å². The number of carbonyl (C=O) groups excluding carboxylic acids is 1. The lowest BCUT2D eigenvalue weighted by atomic mass is 10.1. The van der Waals surface area contributed by atoms with Gasteiger partial charge in [-0.3, -0.25) is 9.69 Å². The maximum atomic E-state index is 12.1. The van der Waals surface area contributed by atoms with Gasteiger partial charge in [0.25, 0.3) is 0 Å². The van der Waals surface area contributed by atoms with Gasteiger partial charge in [0.1, 0.15) is 0 Å². The minimum Gasteiger partial charge on any atom is -0.394 e. The number of carbonyl (C=O) groups is 1. The lowest BCUT2D eigenvalue weighted by molar-refractivity contribution is -0.121. The first kappa shape index (κ1) is 32.9. The number of aliphatic hydroxyl groups excluding tert-OH is 2. The summed E-state index contributed by atoms with van der Waals surface area (Å²) in [6.07, 6.45) is 4.42. The number of ether oxygens (including phenoxy) is 4. The highest BCUT2D eigenvalue weighted by Crippen LogP contribution is 2.12. The summed E-state index contributed by atoms with van der Waals surface area (Å²) in [5, 5.41) is 20.7. The summed E-state index contributed by atoms with van der Waals surface area (Å²) in [6.45, 7) is 6.34. The fraction of sp³-hybridized carbons (Fsp3) is 0.955. The van der Waals surface area contributed by atoms with Gasteiger partial charge in [-0.15, -0.1) is 0 Å². The van der Waals surface area contributed by atoms with Crippen molar-refractivity contribution in [2.45, 2.75) is 37.4 Å². The molecule has 0 radical (unpaired) electrons. The Hall–Kier alpha value is -0.110. The van der Waals surface area contributed by atoms with Crippen LogP contribution in [0.25, 0.3) is 0 Å².